The van der Waals surface area contributed by atoms with E-state index in [4.69, 9.17) is 10.5 Å². The summed E-state index contributed by atoms with van der Waals surface area (Å²) in [5.74, 6) is 0.523. The van der Waals surface area contributed by atoms with E-state index in [-0.39, 0.29) is 6.04 Å². The predicted octanol–water partition coefficient (Wildman–Crippen LogP) is 2.51. The van der Waals surface area contributed by atoms with E-state index in [1.54, 1.807) is 19.5 Å². The molecular formula is C15H19N3O. The van der Waals surface area contributed by atoms with Gasteiger partial charge in [0.15, 0.2) is 0 Å². The highest BCUT2D eigenvalue weighted by molar-refractivity contribution is 5.21. The van der Waals surface area contributed by atoms with Crippen molar-refractivity contribution in [2.75, 3.05) is 7.11 Å². The first-order valence-electron chi connectivity index (χ1n) is 6.45. The second kappa shape index (κ2) is 6.85. The van der Waals surface area contributed by atoms with Gasteiger partial charge in [0.2, 0.25) is 5.88 Å². The standard InChI is InChI=1S/C15H19N3O/c1-19-15-14(17-10-11-18-15)13(16)9-5-8-12-6-3-2-4-7-12/h2-4,6-7,10-11,13H,5,8-9,16H2,1H3. The Morgan fingerprint density at radius 1 is 1.16 bits per heavy atom. The SMILES string of the molecule is COc1nccnc1C(N)CCCc1ccccc1. The van der Waals surface area contributed by atoms with Crippen LogP contribution >= 0.6 is 0 Å². The summed E-state index contributed by atoms with van der Waals surface area (Å²) >= 11 is 0. The number of aromatic nitrogens is 2. The Morgan fingerprint density at radius 2 is 1.89 bits per heavy atom. The first kappa shape index (κ1) is 13.5. The van der Waals surface area contributed by atoms with Gasteiger partial charge < -0.3 is 10.5 Å². The number of aryl methyl sites for hydroxylation is 1. The molecule has 0 radical (unpaired) electrons. The van der Waals surface area contributed by atoms with Crippen molar-refractivity contribution >= 4 is 0 Å². The van der Waals surface area contributed by atoms with Crippen molar-refractivity contribution in [3.8, 4) is 5.88 Å². The third-order valence-electron chi connectivity index (χ3n) is 3.06. The van der Waals surface area contributed by atoms with E-state index in [0.29, 0.717) is 5.88 Å². The van der Waals surface area contributed by atoms with Crippen molar-refractivity contribution in [2.24, 2.45) is 5.73 Å². The van der Waals surface area contributed by atoms with Crippen molar-refractivity contribution < 1.29 is 4.74 Å². The molecule has 2 aromatic rings. The average molecular weight is 257 g/mol. The van der Waals surface area contributed by atoms with E-state index in [1.807, 2.05) is 6.07 Å². The lowest BCUT2D eigenvalue weighted by Gasteiger charge is -2.13. The lowest BCUT2D eigenvalue weighted by atomic mass is 10.0. The molecule has 100 valence electrons. The van der Waals surface area contributed by atoms with Crippen molar-refractivity contribution in [2.45, 2.75) is 25.3 Å². The third kappa shape index (κ3) is 3.76. The fraction of sp³-hybridized carbons (Fsp3) is 0.333. The van der Waals surface area contributed by atoms with Gasteiger partial charge in [-0.2, -0.15) is 0 Å². The molecule has 1 aromatic heterocycles. The smallest absolute Gasteiger partial charge is 0.236 e. The maximum absolute atomic E-state index is 6.15. The molecule has 0 saturated heterocycles. The molecule has 1 aromatic carbocycles. The number of hydrogen-bond donors (Lipinski definition) is 1. The Balaban J connectivity index is 1.89. The monoisotopic (exact) mass is 257 g/mol. The van der Waals surface area contributed by atoms with Crippen LogP contribution in [-0.2, 0) is 6.42 Å². The van der Waals surface area contributed by atoms with Crippen LogP contribution in [0.15, 0.2) is 42.7 Å². The van der Waals surface area contributed by atoms with Crippen LogP contribution in [0.4, 0.5) is 0 Å². The molecule has 4 heteroatoms. The number of benzene rings is 1. The number of rotatable bonds is 6. The molecule has 0 fully saturated rings. The van der Waals surface area contributed by atoms with Crippen molar-refractivity contribution in [1.29, 1.82) is 0 Å². The molecule has 0 bridgehead atoms. The van der Waals surface area contributed by atoms with E-state index in [0.717, 1.165) is 25.0 Å². The van der Waals surface area contributed by atoms with Crippen LogP contribution < -0.4 is 10.5 Å². The number of nitrogens with two attached hydrogens (primary N) is 1. The Bertz CT molecular complexity index is 502. The summed E-state index contributed by atoms with van der Waals surface area (Å²) in [6.45, 7) is 0. The lowest BCUT2D eigenvalue weighted by Crippen LogP contribution is -2.14. The van der Waals surface area contributed by atoms with Gasteiger partial charge in [0.1, 0.15) is 5.69 Å². The molecule has 1 atom stereocenters. The molecule has 0 aliphatic rings. The van der Waals surface area contributed by atoms with E-state index >= 15 is 0 Å². The average Bonchev–Trinajstić information content (AvgIpc) is 2.48. The zero-order valence-corrected chi connectivity index (χ0v) is 11.1. The molecule has 4 nitrogen and oxygen atoms in total. The first-order valence-corrected chi connectivity index (χ1v) is 6.45. The molecule has 1 heterocycles. The predicted molar refractivity (Wildman–Crippen MR) is 74.9 cm³/mol. The molecule has 1 unspecified atom stereocenters. The fourth-order valence-electron chi connectivity index (χ4n) is 2.06. The summed E-state index contributed by atoms with van der Waals surface area (Å²) in [5, 5.41) is 0. The van der Waals surface area contributed by atoms with Crippen LogP contribution in [-0.4, -0.2) is 17.1 Å². The van der Waals surface area contributed by atoms with Gasteiger partial charge in [-0.1, -0.05) is 30.3 Å². The summed E-state index contributed by atoms with van der Waals surface area (Å²) in [7, 11) is 1.59. The van der Waals surface area contributed by atoms with Crippen molar-refractivity contribution in [1.82, 2.24) is 9.97 Å². The van der Waals surface area contributed by atoms with Crippen LogP contribution in [0, 0.1) is 0 Å². The van der Waals surface area contributed by atoms with Gasteiger partial charge >= 0.3 is 0 Å². The van der Waals surface area contributed by atoms with Crippen LogP contribution in [0.25, 0.3) is 0 Å². The van der Waals surface area contributed by atoms with Gasteiger partial charge in [-0.15, -0.1) is 0 Å². The summed E-state index contributed by atoms with van der Waals surface area (Å²) in [6.07, 6.45) is 6.17. The van der Waals surface area contributed by atoms with Gasteiger partial charge in [-0.05, 0) is 24.8 Å². The summed E-state index contributed by atoms with van der Waals surface area (Å²) in [4.78, 5) is 8.38. The fourth-order valence-corrected chi connectivity index (χ4v) is 2.06. The Kier molecular flexibility index (Phi) is 4.86. The molecule has 2 N–H and O–H groups in total. The molecular weight excluding hydrogens is 238 g/mol. The summed E-state index contributed by atoms with van der Waals surface area (Å²) < 4.78 is 5.18. The maximum atomic E-state index is 6.15. The van der Waals surface area contributed by atoms with Crippen molar-refractivity contribution in [3.63, 3.8) is 0 Å². The van der Waals surface area contributed by atoms with Gasteiger partial charge in [0.25, 0.3) is 0 Å². The van der Waals surface area contributed by atoms with Gasteiger partial charge in [0.05, 0.1) is 13.2 Å². The van der Waals surface area contributed by atoms with Crippen LogP contribution in [0.3, 0.4) is 0 Å². The second-order valence-electron chi connectivity index (χ2n) is 4.44. The Labute approximate surface area is 113 Å². The highest BCUT2D eigenvalue weighted by Crippen LogP contribution is 2.22. The van der Waals surface area contributed by atoms with E-state index in [2.05, 4.69) is 34.2 Å². The Morgan fingerprint density at radius 3 is 2.63 bits per heavy atom. The van der Waals surface area contributed by atoms with Gasteiger partial charge in [-0.3, -0.25) is 4.98 Å². The maximum Gasteiger partial charge on any atom is 0.236 e. The lowest BCUT2D eigenvalue weighted by molar-refractivity contribution is 0.382. The molecule has 0 amide bonds. The second-order valence-corrected chi connectivity index (χ2v) is 4.44. The topological polar surface area (TPSA) is 61.0 Å². The minimum Gasteiger partial charge on any atom is -0.480 e. The van der Waals surface area contributed by atoms with E-state index in [9.17, 15) is 0 Å². The summed E-state index contributed by atoms with van der Waals surface area (Å²) in [6, 6.07) is 10.3. The Hall–Kier alpha value is -1.94. The third-order valence-corrected chi connectivity index (χ3v) is 3.06. The molecule has 2 rings (SSSR count). The molecule has 0 aliphatic heterocycles. The minimum absolute atomic E-state index is 0.132. The van der Waals surface area contributed by atoms with E-state index in [1.165, 1.54) is 5.56 Å². The van der Waals surface area contributed by atoms with Gasteiger partial charge in [-0.25, -0.2) is 4.98 Å². The normalized spacial score (nSPS) is 12.1. The van der Waals surface area contributed by atoms with Crippen LogP contribution in [0.5, 0.6) is 5.88 Å². The molecule has 0 aliphatic carbocycles. The number of methoxy groups -OCH3 is 1. The largest absolute Gasteiger partial charge is 0.480 e. The summed E-state index contributed by atoms with van der Waals surface area (Å²) in [5.41, 5.74) is 8.22. The zero-order chi connectivity index (χ0) is 13.5. The number of nitrogens with zero attached hydrogens (tertiary/aromatic N) is 2. The first-order chi connectivity index (χ1) is 9.31. The van der Waals surface area contributed by atoms with Crippen molar-refractivity contribution in [3.05, 3.63) is 54.0 Å². The highest BCUT2D eigenvalue weighted by atomic mass is 16.5. The van der Waals surface area contributed by atoms with Crippen LogP contribution in [0.1, 0.15) is 30.1 Å². The zero-order valence-electron chi connectivity index (χ0n) is 11.1. The molecule has 0 spiro atoms. The minimum atomic E-state index is -0.132. The van der Waals surface area contributed by atoms with Gasteiger partial charge in [0, 0.05) is 12.4 Å². The van der Waals surface area contributed by atoms with E-state index < -0.39 is 0 Å². The quantitative estimate of drug-likeness (QED) is 0.863. The number of hydrogen-bond acceptors (Lipinski definition) is 4. The highest BCUT2D eigenvalue weighted by Gasteiger charge is 2.13. The molecule has 19 heavy (non-hydrogen) atoms. The molecule has 0 saturated carbocycles. The van der Waals surface area contributed by atoms with Crippen LogP contribution in [0.2, 0.25) is 0 Å². The number of ether oxygens (including phenoxy) is 1.